The molecule has 0 radical (unpaired) electrons. The smallest absolute Gasteiger partial charge is 0.296 e. The molecule has 7 heteroatoms. The molecule has 1 aliphatic rings. The number of halogens is 2. The number of alkyl halides is 2. The Morgan fingerprint density at radius 2 is 2.17 bits per heavy atom. The van der Waals surface area contributed by atoms with E-state index >= 15 is 0 Å². The highest BCUT2D eigenvalue weighted by atomic mass is 19.3. The van der Waals surface area contributed by atoms with Gasteiger partial charge in [0.15, 0.2) is 6.10 Å². The van der Waals surface area contributed by atoms with Crippen LogP contribution in [0, 0.1) is 11.3 Å². The molecule has 126 valence electrons. The van der Waals surface area contributed by atoms with Crippen LogP contribution in [0.1, 0.15) is 12.0 Å². The van der Waals surface area contributed by atoms with Crippen molar-refractivity contribution >= 4 is 10.9 Å². The number of likely N-dealkylation sites (tertiary alicyclic amines) is 1. The molecular formula is C17H17F2N3O2. The summed E-state index contributed by atoms with van der Waals surface area (Å²) >= 11 is 0. The fraction of sp³-hybridized carbons (Fsp3) is 0.412. The third-order valence-corrected chi connectivity index (χ3v) is 4.10. The maximum absolute atomic E-state index is 14.3. The molecule has 1 unspecified atom stereocenters. The molecule has 3 rings (SSSR count). The Kier molecular flexibility index (Phi) is 4.24. The number of hydrogen-bond acceptors (Lipinski definition) is 5. The van der Waals surface area contributed by atoms with Crippen molar-refractivity contribution in [3.8, 4) is 17.6 Å². The number of hydrogen-bond donors (Lipinski definition) is 0. The van der Waals surface area contributed by atoms with Crippen molar-refractivity contribution in [2.45, 2.75) is 18.4 Å². The SMILES string of the molecule is COc1cc(OC2CCN(C)CC2(F)F)c2cc(C#N)cnc2c1. The highest BCUT2D eigenvalue weighted by Gasteiger charge is 2.45. The lowest BCUT2D eigenvalue weighted by atomic mass is 10.0. The minimum Gasteiger partial charge on any atom is -0.497 e. The molecule has 5 nitrogen and oxygen atoms in total. The number of ether oxygens (including phenoxy) is 2. The lowest BCUT2D eigenvalue weighted by Crippen LogP contribution is -2.52. The van der Waals surface area contributed by atoms with E-state index in [1.165, 1.54) is 13.3 Å². The van der Waals surface area contributed by atoms with Crippen LogP contribution in [0.5, 0.6) is 11.5 Å². The second-order valence-electron chi connectivity index (χ2n) is 5.92. The van der Waals surface area contributed by atoms with Crippen molar-refractivity contribution in [1.82, 2.24) is 9.88 Å². The first-order chi connectivity index (χ1) is 11.4. The van der Waals surface area contributed by atoms with Gasteiger partial charge < -0.3 is 14.4 Å². The molecule has 2 heterocycles. The molecule has 0 saturated carbocycles. The Labute approximate surface area is 138 Å². The summed E-state index contributed by atoms with van der Waals surface area (Å²) < 4.78 is 39.4. The summed E-state index contributed by atoms with van der Waals surface area (Å²) in [5.74, 6) is -2.24. The molecule has 0 spiro atoms. The zero-order valence-corrected chi connectivity index (χ0v) is 13.4. The first-order valence-electron chi connectivity index (χ1n) is 7.54. The largest absolute Gasteiger partial charge is 0.497 e. The first kappa shape index (κ1) is 16.4. The second-order valence-corrected chi connectivity index (χ2v) is 5.92. The summed E-state index contributed by atoms with van der Waals surface area (Å²) in [6.45, 7) is 0.186. The zero-order valence-electron chi connectivity index (χ0n) is 13.4. The van der Waals surface area contributed by atoms with Gasteiger partial charge in [0.2, 0.25) is 0 Å². The normalized spacial score (nSPS) is 20.5. The third-order valence-electron chi connectivity index (χ3n) is 4.10. The summed E-state index contributed by atoms with van der Waals surface area (Å²) in [4.78, 5) is 5.77. The highest BCUT2D eigenvalue weighted by Crippen LogP contribution is 2.36. The third kappa shape index (κ3) is 3.10. The monoisotopic (exact) mass is 333 g/mol. The van der Waals surface area contributed by atoms with Crippen LogP contribution in [0.15, 0.2) is 24.4 Å². The molecule has 24 heavy (non-hydrogen) atoms. The number of methoxy groups -OCH3 is 1. The van der Waals surface area contributed by atoms with Gasteiger partial charge in [0, 0.05) is 36.7 Å². The van der Waals surface area contributed by atoms with E-state index in [9.17, 15) is 8.78 Å². The minimum absolute atomic E-state index is 0.216. The predicted octanol–water partition coefficient (Wildman–Crippen LogP) is 2.83. The summed E-state index contributed by atoms with van der Waals surface area (Å²) in [5, 5.41) is 9.56. The van der Waals surface area contributed by atoms with E-state index in [4.69, 9.17) is 14.7 Å². The van der Waals surface area contributed by atoms with E-state index in [0.29, 0.717) is 28.8 Å². The second kappa shape index (κ2) is 6.21. The van der Waals surface area contributed by atoms with E-state index < -0.39 is 12.0 Å². The number of nitrogens with zero attached hydrogens (tertiary/aromatic N) is 3. The van der Waals surface area contributed by atoms with E-state index in [0.717, 1.165) is 0 Å². The number of piperidine rings is 1. The molecule has 1 aliphatic heterocycles. The van der Waals surface area contributed by atoms with Gasteiger partial charge in [-0.25, -0.2) is 8.78 Å². The summed E-state index contributed by atoms with van der Waals surface area (Å²) in [5.41, 5.74) is 0.868. The van der Waals surface area contributed by atoms with Crippen LogP contribution in [0.4, 0.5) is 8.78 Å². The fourth-order valence-electron chi connectivity index (χ4n) is 2.84. The van der Waals surface area contributed by atoms with E-state index in [1.807, 2.05) is 6.07 Å². The van der Waals surface area contributed by atoms with Crippen molar-refractivity contribution in [2.24, 2.45) is 0 Å². The van der Waals surface area contributed by atoms with Gasteiger partial charge in [0.25, 0.3) is 5.92 Å². The number of aromatic nitrogens is 1. The van der Waals surface area contributed by atoms with Crippen molar-refractivity contribution in [3.05, 3.63) is 30.0 Å². The number of nitriles is 1. The van der Waals surface area contributed by atoms with Gasteiger partial charge in [0.1, 0.15) is 17.6 Å². The Hall–Kier alpha value is -2.46. The molecule has 1 fully saturated rings. The van der Waals surface area contributed by atoms with Crippen LogP contribution < -0.4 is 9.47 Å². The average Bonchev–Trinajstić information content (AvgIpc) is 2.56. The molecule has 2 aromatic rings. The van der Waals surface area contributed by atoms with Crippen molar-refractivity contribution in [3.63, 3.8) is 0 Å². The van der Waals surface area contributed by atoms with Gasteiger partial charge in [-0.3, -0.25) is 4.98 Å². The molecule has 0 amide bonds. The minimum atomic E-state index is -2.96. The van der Waals surface area contributed by atoms with Gasteiger partial charge in [0.05, 0.1) is 24.7 Å². The topological polar surface area (TPSA) is 58.4 Å². The number of rotatable bonds is 3. The first-order valence-corrected chi connectivity index (χ1v) is 7.54. The van der Waals surface area contributed by atoms with Gasteiger partial charge in [-0.1, -0.05) is 0 Å². The number of pyridine rings is 1. The molecule has 0 N–H and O–H groups in total. The zero-order chi connectivity index (χ0) is 17.3. The Morgan fingerprint density at radius 3 is 2.83 bits per heavy atom. The van der Waals surface area contributed by atoms with Crippen LogP contribution in [-0.4, -0.2) is 49.2 Å². The lowest BCUT2D eigenvalue weighted by Gasteiger charge is -2.36. The van der Waals surface area contributed by atoms with Crippen LogP contribution >= 0.6 is 0 Å². The van der Waals surface area contributed by atoms with E-state index in [-0.39, 0.29) is 18.7 Å². The molecule has 1 saturated heterocycles. The number of benzene rings is 1. The molecule has 0 aliphatic carbocycles. The standard InChI is InChI=1S/C17H17F2N3O2/c1-22-4-3-16(17(18,19)10-22)24-15-7-12(23-2)6-14-13(15)5-11(8-20)9-21-14/h5-7,9,16H,3-4,10H2,1-2H3. The van der Waals surface area contributed by atoms with Gasteiger partial charge in [-0.15, -0.1) is 0 Å². The van der Waals surface area contributed by atoms with Crippen molar-refractivity contribution < 1.29 is 18.3 Å². The Morgan fingerprint density at radius 1 is 1.38 bits per heavy atom. The fourth-order valence-corrected chi connectivity index (χ4v) is 2.84. The van der Waals surface area contributed by atoms with E-state index in [2.05, 4.69) is 4.98 Å². The van der Waals surface area contributed by atoms with Crippen molar-refractivity contribution in [2.75, 3.05) is 27.2 Å². The van der Waals surface area contributed by atoms with E-state index in [1.54, 1.807) is 30.1 Å². The van der Waals surface area contributed by atoms with Crippen molar-refractivity contribution in [1.29, 1.82) is 5.26 Å². The Balaban J connectivity index is 2.02. The summed E-state index contributed by atoms with van der Waals surface area (Å²) in [7, 11) is 3.15. The van der Waals surface area contributed by atoms with Gasteiger partial charge >= 0.3 is 0 Å². The molecule has 1 aromatic carbocycles. The maximum Gasteiger partial charge on any atom is 0.296 e. The molecular weight excluding hydrogens is 316 g/mol. The van der Waals surface area contributed by atoms with Crippen LogP contribution in [-0.2, 0) is 0 Å². The average molecular weight is 333 g/mol. The molecule has 1 atom stereocenters. The van der Waals surface area contributed by atoms with Gasteiger partial charge in [-0.05, 0) is 13.1 Å². The Bertz CT molecular complexity index is 804. The quantitative estimate of drug-likeness (QED) is 0.864. The highest BCUT2D eigenvalue weighted by molar-refractivity contribution is 5.87. The maximum atomic E-state index is 14.3. The summed E-state index contributed by atoms with van der Waals surface area (Å²) in [6, 6.07) is 6.82. The van der Waals surface area contributed by atoms with Crippen LogP contribution in [0.2, 0.25) is 0 Å². The molecule has 1 aromatic heterocycles. The predicted molar refractivity (Wildman–Crippen MR) is 84.5 cm³/mol. The van der Waals surface area contributed by atoms with Crippen LogP contribution in [0.3, 0.4) is 0 Å². The summed E-state index contributed by atoms with van der Waals surface area (Å²) in [6.07, 6.45) is 0.415. The van der Waals surface area contributed by atoms with Crippen LogP contribution in [0.25, 0.3) is 10.9 Å². The molecule has 0 bridgehead atoms. The number of fused-ring (bicyclic) bond motifs is 1. The lowest BCUT2D eigenvalue weighted by molar-refractivity contribution is -0.134. The van der Waals surface area contributed by atoms with Gasteiger partial charge in [-0.2, -0.15) is 5.26 Å².